The molecule has 4 fully saturated rings. The van der Waals surface area contributed by atoms with Gasteiger partial charge in [-0.05, 0) is 72.5 Å². The first-order valence-electron chi connectivity index (χ1n) is 19.9. The molecule has 5 amide bonds. The molecule has 1 aromatic heterocycles. The van der Waals surface area contributed by atoms with Gasteiger partial charge in [0.25, 0.3) is 5.91 Å². The van der Waals surface area contributed by atoms with Crippen LogP contribution in [0.1, 0.15) is 136 Å². The van der Waals surface area contributed by atoms with Crippen LogP contribution < -0.4 is 21.7 Å². The maximum Gasteiger partial charge on any atom is 0.272 e. The third-order valence-electron chi connectivity index (χ3n) is 13.6. The zero-order valence-electron chi connectivity index (χ0n) is 32.7. The number of hydrogen-bond acceptors (Lipinski definition) is 8. The molecule has 3 aliphatic carbocycles. The van der Waals surface area contributed by atoms with Gasteiger partial charge in [-0.1, -0.05) is 86.5 Å². The lowest BCUT2D eigenvalue weighted by Crippen LogP contribution is -2.62. The van der Waals surface area contributed by atoms with Gasteiger partial charge in [0, 0.05) is 18.9 Å². The number of carbonyl (C=O) groups is 5. The third kappa shape index (κ3) is 9.03. The fraction of sp³-hybridized carbons (Fsp3) is 0.775. The Hall–Kier alpha value is -3.61. The lowest BCUT2D eigenvalue weighted by Gasteiger charge is -2.54. The van der Waals surface area contributed by atoms with Crippen molar-refractivity contribution in [2.75, 3.05) is 6.54 Å². The molecule has 13 heteroatoms. The lowest BCUT2D eigenvalue weighted by atomic mass is 9.51. The number of nitrogens with two attached hydrogens (primary N) is 1. The maximum absolute atomic E-state index is 15.0. The molecule has 1 aromatic rings. The second-order valence-corrected chi connectivity index (χ2v) is 18.3. The van der Waals surface area contributed by atoms with Gasteiger partial charge in [0.05, 0.1) is 12.2 Å². The number of hydrogen-bond donors (Lipinski definition) is 5. The van der Waals surface area contributed by atoms with Crippen molar-refractivity contribution in [3.8, 4) is 0 Å². The Kier molecular flexibility index (Phi) is 12.6. The normalized spacial score (nSPS) is 24.5. The summed E-state index contributed by atoms with van der Waals surface area (Å²) in [5.41, 5.74) is 4.71. The Morgan fingerprint density at radius 1 is 0.943 bits per heavy atom. The van der Waals surface area contributed by atoms with Gasteiger partial charge in [-0.25, -0.2) is 4.98 Å². The first kappa shape index (κ1) is 40.6. The van der Waals surface area contributed by atoms with E-state index in [4.69, 9.17) is 5.73 Å². The van der Waals surface area contributed by atoms with Crippen molar-refractivity contribution in [1.82, 2.24) is 30.8 Å². The Balaban J connectivity index is 1.42. The quantitative estimate of drug-likeness (QED) is 0.191. The number of aliphatic hydroxyl groups is 1. The molecule has 6 atom stereocenters. The summed E-state index contributed by atoms with van der Waals surface area (Å²) in [5.74, 6) is -2.55. The Bertz CT molecular complexity index is 1480. The Morgan fingerprint density at radius 3 is 2.15 bits per heavy atom. The molecule has 0 bridgehead atoms. The van der Waals surface area contributed by atoms with Crippen LogP contribution in [-0.4, -0.2) is 86.3 Å². The highest BCUT2D eigenvalue weighted by Crippen LogP contribution is 2.59. The van der Waals surface area contributed by atoms with Crippen molar-refractivity contribution in [3.05, 3.63) is 24.3 Å². The van der Waals surface area contributed by atoms with Gasteiger partial charge in [0.1, 0.15) is 23.8 Å². The van der Waals surface area contributed by atoms with Crippen LogP contribution in [0.25, 0.3) is 0 Å². The van der Waals surface area contributed by atoms with Crippen molar-refractivity contribution in [2.45, 2.75) is 155 Å². The molecule has 13 nitrogen and oxygen atoms in total. The van der Waals surface area contributed by atoms with Crippen LogP contribution in [0.2, 0.25) is 0 Å². The smallest absolute Gasteiger partial charge is 0.272 e. The number of likely N-dealkylation sites (tertiary alicyclic amines) is 1. The van der Waals surface area contributed by atoms with Crippen LogP contribution in [0.3, 0.4) is 0 Å². The van der Waals surface area contributed by atoms with Crippen molar-refractivity contribution in [2.24, 2.45) is 39.7 Å². The molecule has 0 aromatic carbocycles. The molecule has 294 valence electrons. The number of amides is 5. The van der Waals surface area contributed by atoms with E-state index in [1.807, 2.05) is 20.8 Å². The van der Waals surface area contributed by atoms with Crippen molar-refractivity contribution in [1.29, 1.82) is 0 Å². The Morgan fingerprint density at radius 2 is 1.62 bits per heavy atom. The summed E-state index contributed by atoms with van der Waals surface area (Å²) in [6.07, 6.45) is 14.2. The summed E-state index contributed by atoms with van der Waals surface area (Å²) in [6.45, 7) is 12.7. The topological polar surface area (TPSA) is 197 Å². The predicted molar refractivity (Wildman–Crippen MR) is 200 cm³/mol. The minimum atomic E-state index is -1.55. The van der Waals surface area contributed by atoms with Gasteiger partial charge < -0.3 is 31.7 Å². The summed E-state index contributed by atoms with van der Waals surface area (Å²) in [5, 5.41) is 19.7. The van der Waals surface area contributed by atoms with Crippen molar-refractivity contribution >= 4 is 29.5 Å². The van der Waals surface area contributed by atoms with Crippen LogP contribution >= 0.6 is 0 Å². The monoisotopic (exact) mass is 737 g/mol. The number of aromatic nitrogens is 2. The van der Waals surface area contributed by atoms with Gasteiger partial charge in [-0.15, -0.1) is 0 Å². The van der Waals surface area contributed by atoms with E-state index in [1.165, 1.54) is 18.6 Å². The maximum atomic E-state index is 15.0. The van der Waals surface area contributed by atoms with Crippen LogP contribution in [0.5, 0.6) is 0 Å². The van der Waals surface area contributed by atoms with Gasteiger partial charge >= 0.3 is 0 Å². The first-order valence-corrected chi connectivity index (χ1v) is 19.9. The van der Waals surface area contributed by atoms with Crippen LogP contribution in [0.15, 0.2) is 18.6 Å². The highest BCUT2D eigenvalue weighted by molar-refractivity contribution is 5.98. The van der Waals surface area contributed by atoms with Gasteiger partial charge in [0.15, 0.2) is 6.10 Å². The van der Waals surface area contributed by atoms with E-state index in [0.717, 1.165) is 70.6 Å². The number of primary amides is 1. The molecule has 0 radical (unpaired) electrons. The summed E-state index contributed by atoms with van der Waals surface area (Å²) >= 11 is 0. The zero-order valence-corrected chi connectivity index (χ0v) is 32.7. The van der Waals surface area contributed by atoms with Crippen molar-refractivity contribution in [3.63, 3.8) is 0 Å². The van der Waals surface area contributed by atoms with E-state index in [2.05, 4.69) is 46.7 Å². The van der Waals surface area contributed by atoms with E-state index in [-0.39, 0.29) is 40.2 Å². The van der Waals surface area contributed by atoms with E-state index in [1.54, 1.807) is 4.90 Å². The van der Waals surface area contributed by atoms with E-state index in [9.17, 15) is 29.1 Å². The standard InChI is InChI=1S/C40H63N7O6/c1-38(2,3)32(46-36(52)30(25-14-8-7-9-15-25)45-34(50)28-22-42-18-19-43-28)37(53)47-23-26(39(4,5)40(6)16-11-17-40)21-29(47)35(51)44-27(31(48)33(41)49)20-24-12-10-13-24/h18-19,22,24-27,29-32,48H,7-17,20-21,23H2,1-6H3,(H2,41,49)(H,44,51)(H,45,50)(H,46,52)/t26?,27?,29-,30-,31?,32+/m0/s1. The molecule has 1 saturated heterocycles. The summed E-state index contributed by atoms with van der Waals surface area (Å²) in [7, 11) is 0. The molecule has 53 heavy (non-hydrogen) atoms. The van der Waals surface area contributed by atoms with Crippen LogP contribution in [0.4, 0.5) is 0 Å². The van der Waals surface area contributed by atoms with Gasteiger partial charge in [0.2, 0.25) is 23.6 Å². The lowest BCUT2D eigenvalue weighted by molar-refractivity contribution is -0.145. The molecule has 4 aliphatic rings. The second kappa shape index (κ2) is 16.4. The number of aliphatic hydroxyl groups excluding tert-OH is 1. The number of carbonyl (C=O) groups excluding carboxylic acids is 5. The number of nitrogens with one attached hydrogen (secondary N) is 3. The summed E-state index contributed by atoms with van der Waals surface area (Å²) in [4.78, 5) is 78.8. The fourth-order valence-electron chi connectivity index (χ4n) is 9.07. The molecular weight excluding hydrogens is 674 g/mol. The van der Waals surface area contributed by atoms with Crippen molar-refractivity contribution < 1.29 is 29.1 Å². The molecule has 3 saturated carbocycles. The molecule has 1 aliphatic heterocycles. The zero-order chi connectivity index (χ0) is 38.7. The summed E-state index contributed by atoms with van der Waals surface area (Å²) in [6, 6.07) is -3.67. The third-order valence-corrected chi connectivity index (χ3v) is 13.6. The molecule has 3 unspecified atom stereocenters. The van der Waals surface area contributed by atoms with Gasteiger partial charge in [-0.3, -0.25) is 29.0 Å². The molecule has 6 N–H and O–H groups in total. The molecular formula is C40H63N7O6. The molecule has 5 rings (SSSR count). The number of nitrogens with zero attached hydrogens (tertiary/aromatic N) is 3. The predicted octanol–water partition coefficient (Wildman–Crippen LogP) is 3.64. The van der Waals surface area contributed by atoms with E-state index < -0.39 is 59.3 Å². The van der Waals surface area contributed by atoms with Crippen LogP contribution in [-0.2, 0) is 19.2 Å². The fourth-order valence-corrected chi connectivity index (χ4v) is 9.07. The highest BCUT2D eigenvalue weighted by atomic mass is 16.3. The first-order chi connectivity index (χ1) is 24.9. The largest absolute Gasteiger partial charge is 0.381 e. The Labute approximate surface area is 314 Å². The minimum Gasteiger partial charge on any atom is -0.381 e. The number of rotatable bonds is 14. The highest BCUT2D eigenvalue weighted by Gasteiger charge is 2.55. The minimum absolute atomic E-state index is 0.0174. The van der Waals surface area contributed by atoms with E-state index in [0.29, 0.717) is 19.4 Å². The molecule has 2 heterocycles. The van der Waals surface area contributed by atoms with E-state index >= 15 is 0 Å². The second-order valence-electron chi connectivity index (χ2n) is 18.3. The molecule has 0 spiro atoms. The van der Waals surface area contributed by atoms with Gasteiger partial charge in [-0.2, -0.15) is 0 Å². The average molecular weight is 738 g/mol. The average Bonchev–Trinajstić information content (AvgIpc) is 3.55. The SMILES string of the molecule is CC(C)(C)[C@H](NC(=O)[C@@H](NC(=O)c1cnccn1)C1CCCCC1)C(=O)N1CC(C(C)(C)C2(C)CCC2)C[C@H]1C(=O)NC(CC1CCC1)C(O)C(N)=O. The summed E-state index contributed by atoms with van der Waals surface area (Å²) < 4.78 is 0. The van der Waals surface area contributed by atoms with Crippen LogP contribution in [0, 0.1) is 34.0 Å².